The molecule has 0 atom stereocenters. The molecule has 0 amide bonds. The minimum absolute atomic E-state index is 0.0442. The molecule has 0 spiro atoms. The lowest BCUT2D eigenvalue weighted by molar-refractivity contribution is 0.0686. The third kappa shape index (κ3) is 2.67. The van der Waals surface area contributed by atoms with Gasteiger partial charge in [-0.1, -0.05) is 12.1 Å². The average molecular weight is 296 g/mol. The molecule has 0 aliphatic rings. The van der Waals surface area contributed by atoms with Gasteiger partial charge in [-0.2, -0.15) is 0 Å². The van der Waals surface area contributed by atoms with Crippen LogP contribution in [0.25, 0.3) is 10.8 Å². The number of rotatable bonds is 4. The predicted molar refractivity (Wildman–Crippen MR) is 79.6 cm³/mol. The lowest BCUT2D eigenvalue weighted by Gasteiger charge is -2.08. The Labute approximate surface area is 126 Å². The van der Waals surface area contributed by atoms with Crippen molar-refractivity contribution in [3.05, 3.63) is 54.5 Å². The number of hydrogen-bond acceptors (Lipinski definition) is 5. The largest absolute Gasteiger partial charge is 0.497 e. The van der Waals surface area contributed by atoms with Crippen molar-refractivity contribution in [2.45, 2.75) is 0 Å². The van der Waals surface area contributed by atoms with Gasteiger partial charge < -0.3 is 14.6 Å². The monoisotopic (exact) mass is 296 g/mol. The van der Waals surface area contributed by atoms with Crippen molar-refractivity contribution >= 4 is 16.7 Å². The minimum atomic E-state index is -1.19. The van der Waals surface area contributed by atoms with E-state index in [0.717, 1.165) is 16.5 Å². The molecule has 2 aromatic carbocycles. The summed E-state index contributed by atoms with van der Waals surface area (Å²) in [4.78, 5) is 18.8. The summed E-state index contributed by atoms with van der Waals surface area (Å²) >= 11 is 0. The zero-order chi connectivity index (χ0) is 15.5. The second kappa shape index (κ2) is 5.69. The molecule has 1 heterocycles. The SMILES string of the molecule is COc1ccc2ccc(Oc3nccnc3C(=O)O)cc2c1. The fraction of sp³-hybridized carbons (Fsp3) is 0.0625. The number of ether oxygens (including phenoxy) is 2. The maximum Gasteiger partial charge on any atom is 0.360 e. The van der Waals surface area contributed by atoms with Crippen molar-refractivity contribution in [2.75, 3.05) is 7.11 Å². The van der Waals surface area contributed by atoms with Crippen LogP contribution >= 0.6 is 0 Å². The van der Waals surface area contributed by atoms with Crippen LogP contribution < -0.4 is 9.47 Å². The van der Waals surface area contributed by atoms with E-state index in [-0.39, 0.29) is 11.6 Å². The lowest BCUT2D eigenvalue weighted by Crippen LogP contribution is -2.04. The van der Waals surface area contributed by atoms with E-state index in [9.17, 15) is 4.79 Å². The van der Waals surface area contributed by atoms with E-state index >= 15 is 0 Å². The number of nitrogens with zero attached hydrogens (tertiary/aromatic N) is 2. The summed E-state index contributed by atoms with van der Waals surface area (Å²) in [5, 5.41) is 11.0. The van der Waals surface area contributed by atoms with Crippen molar-refractivity contribution in [3.63, 3.8) is 0 Å². The molecule has 0 saturated heterocycles. The summed E-state index contributed by atoms with van der Waals surface area (Å²) in [7, 11) is 1.60. The minimum Gasteiger partial charge on any atom is -0.497 e. The summed E-state index contributed by atoms with van der Waals surface area (Å²) in [5.74, 6) is -0.0260. The van der Waals surface area contributed by atoms with Crippen LogP contribution in [0.3, 0.4) is 0 Å². The Balaban J connectivity index is 1.99. The second-order valence-corrected chi connectivity index (χ2v) is 4.49. The van der Waals surface area contributed by atoms with Gasteiger partial charge in [0, 0.05) is 12.4 Å². The van der Waals surface area contributed by atoms with Crippen molar-refractivity contribution in [1.29, 1.82) is 0 Å². The van der Waals surface area contributed by atoms with E-state index in [1.807, 2.05) is 24.3 Å². The smallest absolute Gasteiger partial charge is 0.360 e. The molecule has 1 N–H and O–H groups in total. The summed E-state index contributed by atoms with van der Waals surface area (Å²) in [6, 6.07) is 11.1. The fourth-order valence-electron chi connectivity index (χ4n) is 2.05. The predicted octanol–water partition coefficient (Wildman–Crippen LogP) is 3.13. The van der Waals surface area contributed by atoms with Crippen LogP contribution in [0.2, 0.25) is 0 Å². The molecule has 3 aromatic rings. The normalized spacial score (nSPS) is 10.4. The van der Waals surface area contributed by atoms with E-state index in [1.165, 1.54) is 12.4 Å². The molecule has 0 unspecified atom stereocenters. The zero-order valence-electron chi connectivity index (χ0n) is 11.7. The zero-order valence-corrected chi connectivity index (χ0v) is 11.7. The van der Waals surface area contributed by atoms with Gasteiger partial charge in [0.15, 0.2) is 0 Å². The van der Waals surface area contributed by atoms with Crippen LogP contribution in [0.1, 0.15) is 10.5 Å². The highest BCUT2D eigenvalue weighted by atomic mass is 16.5. The van der Waals surface area contributed by atoms with Crippen LogP contribution in [-0.4, -0.2) is 28.2 Å². The molecule has 1 aromatic heterocycles. The molecule has 0 saturated carbocycles. The molecule has 110 valence electrons. The Bertz CT molecular complexity index is 848. The molecular formula is C16H12N2O4. The quantitative estimate of drug-likeness (QED) is 0.796. The molecule has 0 fully saturated rings. The highest BCUT2D eigenvalue weighted by Crippen LogP contribution is 2.28. The van der Waals surface area contributed by atoms with E-state index in [4.69, 9.17) is 14.6 Å². The average Bonchev–Trinajstić information content (AvgIpc) is 2.54. The number of aromatic nitrogens is 2. The van der Waals surface area contributed by atoms with Gasteiger partial charge in [-0.25, -0.2) is 14.8 Å². The summed E-state index contributed by atoms with van der Waals surface area (Å²) in [6.07, 6.45) is 2.69. The Hall–Kier alpha value is -3.15. The molecule has 0 aliphatic carbocycles. The Kier molecular flexibility index (Phi) is 3.57. The first-order valence-electron chi connectivity index (χ1n) is 6.47. The molecule has 6 heteroatoms. The van der Waals surface area contributed by atoms with Gasteiger partial charge in [0.25, 0.3) is 5.88 Å². The van der Waals surface area contributed by atoms with Crippen LogP contribution in [0, 0.1) is 0 Å². The van der Waals surface area contributed by atoms with Gasteiger partial charge in [0.05, 0.1) is 7.11 Å². The summed E-state index contributed by atoms with van der Waals surface area (Å²) < 4.78 is 10.7. The number of carboxylic acid groups (broad SMARTS) is 1. The summed E-state index contributed by atoms with van der Waals surface area (Å²) in [5.41, 5.74) is -0.228. The summed E-state index contributed by atoms with van der Waals surface area (Å²) in [6.45, 7) is 0. The van der Waals surface area contributed by atoms with Crippen LogP contribution in [0.5, 0.6) is 17.4 Å². The standard InChI is InChI=1S/C16H12N2O4/c1-21-12-4-2-10-3-5-13(9-11(10)8-12)22-15-14(16(19)20)17-6-7-18-15/h2-9H,1H3,(H,19,20). The highest BCUT2D eigenvalue weighted by molar-refractivity contribution is 5.88. The van der Waals surface area contributed by atoms with E-state index in [0.29, 0.717) is 5.75 Å². The lowest BCUT2D eigenvalue weighted by atomic mass is 10.1. The first-order chi connectivity index (χ1) is 10.7. The van der Waals surface area contributed by atoms with E-state index in [1.54, 1.807) is 19.2 Å². The van der Waals surface area contributed by atoms with Gasteiger partial charge in [-0.15, -0.1) is 0 Å². The van der Waals surface area contributed by atoms with Gasteiger partial charge in [-0.05, 0) is 35.0 Å². The number of benzene rings is 2. The van der Waals surface area contributed by atoms with E-state index < -0.39 is 5.97 Å². The van der Waals surface area contributed by atoms with Crippen LogP contribution in [0.15, 0.2) is 48.8 Å². The number of carboxylic acids is 1. The number of fused-ring (bicyclic) bond motifs is 1. The van der Waals surface area contributed by atoms with Crippen molar-refractivity contribution in [2.24, 2.45) is 0 Å². The first-order valence-corrected chi connectivity index (χ1v) is 6.47. The van der Waals surface area contributed by atoms with Gasteiger partial charge in [-0.3, -0.25) is 0 Å². The third-order valence-electron chi connectivity index (χ3n) is 3.10. The van der Waals surface area contributed by atoms with Crippen LogP contribution in [-0.2, 0) is 0 Å². The van der Waals surface area contributed by atoms with Crippen molar-refractivity contribution < 1.29 is 19.4 Å². The number of carbonyl (C=O) groups is 1. The Morgan fingerprint density at radius 2 is 1.68 bits per heavy atom. The number of hydrogen-bond donors (Lipinski definition) is 1. The van der Waals surface area contributed by atoms with Gasteiger partial charge >= 0.3 is 5.97 Å². The Morgan fingerprint density at radius 1 is 1.00 bits per heavy atom. The van der Waals surface area contributed by atoms with Gasteiger partial charge in [0.2, 0.25) is 5.69 Å². The first kappa shape index (κ1) is 13.8. The third-order valence-corrected chi connectivity index (χ3v) is 3.10. The molecule has 6 nitrogen and oxygen atoms in total. The van der Waals surface area contributed by atoms with Gasteiger partial charge in [0.1, 0.15) is 11.5 Å². The van der Waals surface area contributed by atoms with Crippen molar-refractivity contribution in [1.82, 2.24) is 9.97 Å². The maximum atomic E-state index is 11.1. The molecule has 0 aliphatic heterocycles. The molecule has 0 bridgehead atoms. The van der Waals surface area contributed by atoms with Crippen molar-refractivity contribution in [3.8, 4) is 17.4 Å². The Morgan fingerprint density at radius 3 is 2.41 bits per heavy atom. The molecular weight excluding hydrogens is 284 g/mol. The second-order valence-electron chi connectivity index (χ2n) is 4.49. The van der Waals surface area contributed by atoms with Crippen LogP contribution in [0.4, 0.5) is 0 Å². The molecule has 0 radical (unpaired) electrons. The molecule has 22 heavy (non-hydrogen) atoms. The van der Waals surface area contributed by atoms with E-state index in [2.05, 4.69) is 9.97 Å². The maximum absolute atomic E-state index is 11.1. The number of methoxy groups -OCH3 is 1. The fourth-order valence-corrected chi connectivity index (χ4v) is 2.05. The highest BCUT2D eigenvalue weighted by Gasteiger charge is 2.14. The molecule has 3 rings (SSSR count). The number of aromatic carboxylic acids is 1. The topological polar surface area (TPSA) is 81.5 Å².